The Balaban J connectivity index is 1.51. The second-order valence-corrected chi connectivity index (χ2v) is 12.7. The highest BCUT2D eigenvalue weighted by Crippen LogP contribution is 2.49. The predicted molar refractivity (Wildman–Crippen MR) is 129 cm³/mol. The Bertz CT molecular complexity index is 1160. The van der Waals surface area contributed by atoms with Crippen LogP contribution in [0.25, 0.3) is 0 Å². The van der Waals surface area contributed by atoms with Crippen LogP contribution in [0.4, 0.5) is 15.9 Å². The summed E-state index contributed by atoms with van der Waals surface area (Å²) >= 11 is 0. The maximum atomic E-state index is 14.7. The Morgan fingerprint density at radius 3 is 2.47 bits per heavy atom. The third-order valence-electron chi connectivity index (χ3n) is 6.89. The van der Waals surface area contributed by atoms with Gasteiger partial charge >= 0.3 is 0 Å². The summed E-state index contributed by atoms with van der Waals surface area (Å²) in [5.41, 5.74) is 1.10. The van der Waals surface area contributed by atoms with Gasteiger partial charge in [-0.1, -0.05) is 13.8 Å². The Hall–Kier alpha value is -2.26. The Kier molecular flexibility index (Phi) is 6.63. The molecule has 7 nitrogen and oxygen atoms in total. The standard InChI is InChI=1S/C25H34FN3O4S/c1-16(2)21-22(29-20-7-6-18(12-19(20)26)34(5,30)31)27-15-28-23(21)33-17-8-10-25(11-9-17)13-24(3,4)32-14-25/h6-7,12,15-17H,8-11,13-14H2,1-5H3,(H,27,28,29). The molecule has 34 heavy (non-hydrogen) atoms. The number of ether oxygens (including phenoxy) is 2. The molecule has 1 saturated heterocycles. The Morgan fingerprint density at radius 1 is 1.21 bits per heavy atom. The number of sulfone groups is 1. The van der Waals surface area contributed by atoms with Crippen molar-refractivity contribution in [1.82, 2.24) is 9.97 Å². The van der Waals surface area contributed by atoms with Gasteiger partial charge in [-0.05, 0) is 75.5 Å². The number of hydrogen-bond acceptors (Lipinski definition) is 7. The average molecular weight is 492 g/mol. The molecule has 2 heterocycles. The number of halogens is 1. The minimum atomic E-state index is -3.50. The van der Waals surface area contributed by atoms with E-state index in [0.29, 0.717) is 11.7 Å². The van der Waals surface area contributed by atoms with Gasteiger partial charge in [0.2, 0.25) is 5.88 Å². The van der Waals surface area contributed by atoms with Gasteiger partial charge in [0, 0.05) is 6.26 Å². The first-order valence-electron chi connectivity index (χ1n) is 11.8. The maximum Gasteiger partial charge on any atom is 0.222 e. The van der Waals surface area contributed by atoms with Gasteiger partial charge in [-0.2, -0.15) is 0 Å². The van der Waals surface area contributed by atoms with E-state index in [1.807, 2.05) is 13.8 Å². The van der Waals surface area contributed by atoms with E-state index >= 15 is 0 Å². The summed E-state index contributed by atoms with van der Waals surface area (Å²) in [5.74, 6) is 0.308. The summed E-state index contributed by atoms with van der Waals surface area (Å²) in [6.07, 6.45) is 7.59. The van der Waals surface area contributed by atoms with Crippen LogP contribution in [0.3, 0.4) is 0 Å². The van der Waals surface area contributed by atoms with Crippen LogP contribution in [-0.4, -0.2) is 43.0 Å². The fourth-order valence-corrected chi connectivity index (χ4v) is 5.84. The molecule has 4 rings (SSSR count). The molecule has 1 aliphatic heterocycles. The van der Waals surface area contributed by atoms with Crippen molar-refractivity contribution in [3.8, 4) is 5.88 Å². The van der Waals surface area contributed by atoms with Crippen molar-refractivity contribution >= 4 is 21.3 Å². The monoisotopic (exact) mass is 491 g/mol. The zero-order chi connectivity index (χ0) is 24.7. The highest BCUT2D eigenvalue weighted by atomic mass is 32.2. The van der Waals surface area contributed by atoms with Crippen LogP contribution in [0, 0.1) is 11.2 Å². The molecule has 0 radical (unpaired) electrons. The highest BCUT2D eigenvalue weighted by molar-refractivity contribution is 7.90. The van der Waals surface area contributed by atoms with E-state index in [2.05, 4.69) is 29.1 Å². The summed E-state index contributed by atoms with van der Waals surface area (Å²) in [7, 11) is -3.50. The number of nitrogens with zero attached hydrogens (tertiary/aromatic N) is 2. The van der Waals surface area contributed by atoms with Gasteiger partial charge in [0.15, 0.2) is 9.84 Å². The number of aromatic nitrogens is 2. The van der Waals surface area contributed by atoms with Crippen LogP contribution >= 0.6 is 0 Å². The van der Waals surface area contributed by atoms with Crippen LogP contribution in [0.2, 0.25) is 0 Å². The van der Waals surface area contributed by atoms with Gasteiger partial charge in [-0.25, -0.2) is 22.8 Å². The first-order chi connectivity index (χ1) is 15.9. The Morgan fingerprint density at radius 2 is 1.91 bits per heavy atom. The molecule has 0 amide bonds. The van der Waals surface area contributed by atoms with E-state index in [1.54, 1.807) is 0 Å². The average Bonchev–Trinajstić information content (AvgIpc) is 3.04. The van der Waals surface area contributed by atoms with Crippen LogP contribution in [-0.2, 0) is 14.6 Å². The second kappa shape index (κ2) is 9.07. The molecule has 0 bridgehead atoms. The molecule has 1 aromatic heterocycles. The van der Waals surface area contributed by atoms with Crippen LogP contribution in [0.1, 0.15) is 71.3 Å². The van der Waals surface area contributed by atoms with E-state index in [1.165, 1.54) is 18.5 Å². The van der Waals surface area contributed by atoms with Crippen molar-refractivity contribution in [2.75, 3.05) is 18.2 Å². The number of nitrogens with one attached hydrogen (secondary N) is 1. The summed E-state index contributed by atoms with van der Waals surface area (Å²) in [4.78, 5) is 8.67. The number of rotatable bonds is 6. The number of benzene rings is 1. The zero-order valence-corrected chi connectivity index (χ0v) is 21.3. The molecule has 2 aromatic rings. The molecular formula is C25H34FN3O4S. The Labute approximate surface area is 201 Å². The number of hydrogen-bond donors (Lipinski definition) is 1. The highest BCUT2D eigenvalue weighted by Gasteiger charge is 2.46. The first kappa shape index (κ1) is 24.9. The molecule has 2 aliphatic rings. The lowest BCUT2D eigenvalue weighted by Gasteiger charge is -2.36. The van der Waals surface area contributed by atoms with Crippen molar-refractivity contribution in [2.45, 2.75) is 82.3 Å². The lowest BCUT2D eigenvalue weighted by Crippen LogP contribution is -2.34. The van der Waals surface area contributed by atoms with E-state index in [0.717, 1.165) is 56.6 Å². The van der Waals surface area contributed by atoms with E-state index < -0.39 is 15.7 Å². The van der Waals surface area contributed by atoms with E-state index in [-0.39, 0.29) is 33.6 Å². The third-order valence-corrected chi connectivity index (χ3v) is 8.00. The quantitative estimate of drug-likeness (QED) is 0.579. The van der Waals surface area contributed by atoms with Crippen molar-refractivity contribution in [3.63, 3.8) is 0 Å². The maximum absolute atomic E-state index is 14.7. The van der Waals surface area contributed by atoms with Gasteiger partial charge in [0.25, 0.3) is 0 Å². The summed E-state index contributed by atoms with van der Waals surface area (Å²) in [5, 5.41) is 3.01. The predicted octanol–water partition coefficient (Wildman–Crippen LogP) is 5.39. The summed E-state index contributed by atoms with van der Waals surface area (Å²) < 4.78 is 50.5. The van der Waals surface area contributed by atoms with Gasteiger partial charge in [-0.15, -0.1) is 0 Å². The van der Waals surface area contributed by atoms with Crippen molar-refractivity contribution < 1.29 is 22.3 Å². The molecule has 186 valence electrons. The molecule has 9 heteroatoms. The third kappa shape index (κ3) is 5.35. The lowest BCUT2D eigenvalue weighted by atomic mass is 9.70. The van der Waals surface area contributed by atoms with E-state index in [4.69, 9.17) is 9.47 Å². The van der Waals surface area contributed by atoms with Crippen molar-refractivity contribution in [1.29, 1.82) is 0 Å². The van der Waals surface area contributed by atoms with Crippen molar-refractivity contribution in [3.05, 3.63) is 35.9 Å². The van der Waals surface area contributed by atoms with Gasteiger partial charge in [0.1, 0.15) is 24.1 Å². The SMILES string of the molecule is CC(C)c1c(Nc2ccc(S(C)(=O)=O)cc2F)ncnc1OC1CCC2(CC1)COC(C)(C)C2. The van der Waals surface area contributed by atoms with Crippen LogP contribution in [0.5, 0.6) is 5.88 Å². The molecule has 0 atom stereocenters. The smallest absolute Gasteiger partial charge is 0.222 e. The molecule has 1 saturated carbocycles. The zero-order valence-electron chi connectivity index (χ0n) is 20.5. The molecule has 1 aliphatic carbocycles. The normalized spacial score (nSPS) is 24.5. The minimum Gasteiger partial charge on any atom is -0.474 e. The molecular weight excluding hydrogens is 457 g/mol. The van der Waals surface area contributed by atoms with Crippen LogP contribution in [0.15, 0.2) is 29.4 Å². The minimum absolute atomic E-state index is 0.0241. The largest absolute Gasteiger partial charge is 0.474 e. The lowest BCUT2D eigenvalue weighted by molar-refractivity contribution is 0.0227. The fourth-order valence-electron chi connectivity index (χ4n) is 5.20. The molecule has 1 spiro atoms. The van der Waals surface area contributed by atoms with Crippen LogP contribution < -0.4 is 10.1 Å². The summed E-state index contributed by atoms with van der Waals surface area (Å²) in [6.45, 7) is 9.15. The molecule has 1 N–H and O–H groups in total. The van der Waals surface area contributed by atoms with Gasteiger partial charge in [-0.3, -0.25) is 0 Å². The van der Waals surface area contributed by atoms with Gasteiger partial charge in [0.05, 0.1) is 28.4 Å². The number of anilines is 2. The molecule has 2 fully saturated rings. The second-order valence-electron chi connectivity index (χ2n) is 10.7. The topological polar surface area (TPSA) is 90.4 Å². The molecule has 1 aromatic carbocycles. The molecule has 0 unspecified atom stereocenters. The van der Waals surface area contributed by atoms with Gasteiger partial charge < -0.3 is 14.8 Å². The van der Waals surface area contributed by atoms with E-state index in [9.17, 15) is 12.8 Å². The summed E-state index contributed by atoms with van der Waals surface area (Å²) in [6, 6.07) is 3.79. The fraction of sp³-hybridized carbons (Fsp3) is 0.600. The van der Waals surface area contributed by atoms with Crippen molar-refractivity contribution in [2.24, 2.45) is 5.41 Å². The first-order valence-corrected chi connectivity index (χ1v) is 13.7.